The molecule has 0 aliphatic carbocycles. The molecule has 0 spiro atoms. The Hall–Kier alpha value is -2.83. The van der Waals surface area contributed by atoms with Gasteiger partial charge in [-0.15, -0.1) is 0 Å². The third-order valence-electron chi connectivity index (χ3n) is 3.82. The molecule has 8 heteroatoms. The Labute approximate surface area is 165 Å². The Kier molecular flexibility index (Phi) is 5.78. The van der Waals surface area contributed by atoms with Gasteiger partial charge >= 0.3 is 5.97 Å². The highest BCUT2D eigenvalue weighted by molar-refractivity contribution is 6.37. The van der Waals surface area contributed by atoms with Crippen LogP contribution >= 0.6 is 23.2 Å². The van der Waals surface area contributed by atoms with Gasteiger partial charge < -0.3 is 10.1 Å². The van der Waals surface area contributed by atoms with Gasteiger partial charge in [0.1, 0.15) is 0 Å². The van der Waals surface area contributed by atoms with Crippen molar-refractivity contribution >= 4 is 40.8 Å². The number of hydrogen-bond donors (Lipinski definition) is 1. The molecule has 2 aromatic carbocycles. The maximum Gasteiger partial charge on any atom is 0.338 e. The molecule has 1 heterocycles. The summed E-state index contributed by atoms with van der Waals surface area (Å²) in [4.78, 5) is 24.2. The van der Waals surface area contributed by atoms with Gasteiger partial charge in [-0.2, -0.15) is 5.10 Å². The minimum absolute atomic E-state index is 0.263. The summed E-state index contributed by atoms with van der Waals surface area (Å²) in [6, 6.07) is 11.8. The van der Waals surface area contributed by atoms with Crippen LogP contribution < -0.4 is 5.32 Å². The third kappa shape index (κ3) is 4.48. The number of nitrogens with zero attached hydrogens (tertiary/aromatic N) is 2. The van der Waals surface area contributed by atoms with E-state index in [1.165, 1.54) is 19.4 Å². The van der Waals surface area contributed by atoms with E-state index < -0.39 is 5.97 Å². The van der Waals surface area contributed by atoms with Crippen molar-refractivity contribution in [1.29, 1.82) is 0 Å². The Morgan fingerprint density at radius 3 is 2.67 bits per heavy atom. The van der Waals surface area contributed by atoms with Crippen LogP contribution in [0.15, 0.2) is 54.9 Å². The van der Waals surface area contributed by atoms with Gasteiger partial charge in [0.2, 0.25) is 0 Å². The molecule has 3 rings (SSSR count). The second kappa shape index (κ2) is 8.24. The number of nitrogens with one attached hydrogen (secondary N) is 1. The monoisotopic (exact) mass is 403 g/mol. The molecule has 6 nitrogen and oxygen atoms in total. The maximum atomic E-state index is 12.4. The van der Waals surface area contributed by atoms with Crippen molar-refractivity contribution in [3.63, 3.8) is 0 Å². The predicted molar refractivity (Wildman–Crippen MR) is 104 cm³/mol. The van der Waals surface area contributed by atoms with Crippen LogP contribution in [0.5, 0.6) is 0 Å². The van der Waals surface area contributed by atoms with E-state index >= 15 is 0 Å². The van der Waals surface area contributed by atoms with Gasteiger partial charge in [-0.1, -0.05) is 41.4 Å². The average molecular weight is 404 g/mol. The normalized spacial score (nSPS) is 10.5. The fourth-order valence-electron chi connectivity index (χ4n) is 2.53. The molecule has 1 N–H and O–H groups in total. The van der Waals surface area contributed by atoms with Crippen molar-refractivity contribution in [3.8, 4) is 0 Å². The van der Waals surface area contributed by atoms with E-state index in [1.807, 2.05) is 12.1 Å². The number of carbonyl (C=O) groups excluding carboxylic acids is 2. The maximum absolute atomic E-state index is 12.4. The molecule has 1 amide bonds. The molecular formula is C19H15Cl2N3O3. The first-order valence-electron chi connectivity index (χ1n) is 7.93. The summed E-state index contributed by atoms with van der Waals surface area (Å²) in [5.74, 6) is -0.783. The van der Waals surface area contributed by atoms with E-state index in [4.69, 9.17) is 27.9 Å². The van der Waals surface area contributed by atoms with E-state index in [-0.39, 0.29) is 10.9 Å². The molecule has 0 atom stereocenters. The molecule has 0 saturated heterocycles. The zero-order chi connectivity index (χ0) is 19.4. The third-order valence-corrected chi connectivity index (χ3v) is 4.37. The largest absolute Gasteiger partial charge is 0.465 e. The number of aromatic nitrogens is 2. The standard InChI is InChI=1S/C19H15Cl2N3O3/c1-27-19(26)15-5-3-2-4-12(15)10-24-11-14(9-22-24)23-18(25)16-7-6-13(20)8-17(16)21/h2-9,11H,10H2,1H3,(H,23,25). The van der Waals surface area contributed by atoms with Crippen LogP contribution in [0.4, 0.5) is 5.69 Å². The van der Waals surface area contributed by atoms with Gasteiger partial charge in [0, 0.05) is 11.2 Å². The van der Waals surface area contributed by atoms with E-state index in [0.717, 1.165) is 5.56 Å². The summed E-state index contributed by atoms with van der Waals surface area (Å²) in [5, 5.41) is 7.66. The number of anilines is 1. The number of amides is 1. The summed E-state index contributed by atoms with van der Waals surface area (Å²) < 4.78 is 6.41. The topological polar surface area (TPSA) is 73.2 Å². The Bertz CT molecular complexity index is 1000. The summed E-state index contributed by atoms with van der Waals surface area (Å²) in [6.07, 6.45) is 3.18. The molecule has 3 aromatic rings. The summed E-state index contributed by atoms with van der Waals surface area (Å²) in [7, 11) is 1.34. The quantitative estimate of drug-likeness (QED) is 0.645. The van der Waals surface area contributed by atoms with Crippen molar-refractivity contribution in [2.45, 2.75) is 6.54 Å². The lowest BCUT2D eigenvalue weighted by molar-refractivity contribution is 0.0599. The van der Waals surface area contributed by atoms with Crippen LogP contribution in [0.25, 0.3) is 0 Å². The van der Waals surface area contributed by atoms with Gasteiger partial charge in [-0.05, 0) is 29.8 Å². The number of rotatable bonds is 5. The van der Waals surface area contributed by atoms with Gasteiger partial charge in [-0.25, -0.2) is 4.79 Å². The number of carbonyl (C=O) groups is 2. The van der Waals surface area contributed by atoms with Crippen LogP contribution in [0.3, 0.4) is 0 Å². The van der Waals surface area contributed by atoms with Crippen LogP contribution in [0.1, 0.15) is 26.3 Å². The molecule has 27 heavy (non-hydrogen) atoms. The van der Waals surface area contributed by atoms with Gasteiger partial charge in [0.25, 0.3) is 5.91 Å². The molecular weight excluding hydrogens is 389 g/mol. The predicted octanol–water partition coefficient (Wildman–Crippen LogP) is 4.28. The van der Waals surface area contributed by atoms with Crippen molar-refractivity contribution in [1.82, 2.24) is 9.78 Å². The Balaban J connectivity index is 1.74. The molecule has 0 fully saturated rings. The van der Waals surface area contributed by atoms with Gasteiger partial charge in [-0.3, -0.25) is 9.48 Å². The van der Waals surface area contributed by atoms with Crippen molar-refractivity contribution in [2.75, 3.05) is 12.4 Å². The summed E-state index contributed by atoms with van der Waals surface area (Å²) in [6.45, 7) is 0.350. The number of methoxy groups -OCH3 is 1. The van der Waals surface area contributed by atoms with Crippen LogP contribution in [0.2, 0.25) is 10.0 Å². The van der Waals surface area contributed by atoms with Crippen LogP contribution in [-0.4, -0.2) is 28.8 Å². The van der Waals surface area contributed by atoms with Gasteiger partial charge in [0.15, 0.2) is 0 Å². The summed E-state index contributed by atoms with van der Waals surface area (Å²) in [5.41, 5.74) is 2.03. The molecule has 138 valence electrons. The summed E-state index contributed by atoms with van der Waals surface area (Å²) >= 11 is 11.9. The molecule has 0 unspecified atom stereocenters. The van der Waals surface area contributed by atoms with Crippen molar-refractivity contribution in [2.24, 2.45) is 0 Å². The second-order valence-corrected chi connectivity index (χ2v) is 6.50. The van der Waals surface area contributed by atoms with E-state index in [1.54, 1.807) is 35.1 Å². The first kappa shape index (κ1) is 18.9. The molecule has 0 aliphatic heterocycles. The molecule has 0 aliphatic rings. The van der Waals surface area contributed by atoms with Gasteiger partial charge in [0.05, 0.1) is 41.7 Å². The van der Waals surface area contributed by atoms with Crippen LogP contribution in [0, 0.1) is 0 Å². The fourth-order valence-corrected chi connectivity index (χ4v) is 3.02. The first-order chi connectivity index (χ1) is 13.0. The van der Waals surface area contributed by atoms with E-state index in [0.29, 0.717) is 28.4 Å². The lowest BCUT2D eigenvalue weighted by Crippen LogP contribution is -2.12. The van der Waals surface area contributed by atoms with Crippen molar-refractivity contribution < 1.29 is 14.3 Å². The molecule has 1 aromatic heterocycles. The fraction of sp³-hybridized carbons (Fsp3) is 0.105. The smallest absolute Gasteiger partial charge is 0.338 e. The lowest BCUT2D eigenvalue weighted by atomic mass is 10.1. The van der Waals surface area contributed by atoms with E-state index in [9.17, 15) is 9.59 Å². The minimum Gasteiger partial charge on any atom is -0.465 e. The zero-order valence-electron chi connectivity index (χ0n) is 14.3. The highest BCUT2D eigenvalue weighted by Gasteiger charge is 2.14. The van der Waals surface area contributed by atoms with Crippen LogP contribution in [-0.2, 0) is 11.3 Å². The molecule has 0 saturated carbocycles. The van der Waals surface area contributed by atoms with Crippen molar-refractivity contribution in [3.05, 3.63) is 81.6 Å². The number of benzene rings is 2. The Morgan fingerprint density at radius 2 is 1.93 bits per heavy atom. The first-order valence-corrected chi connectivity index (χ1v) is 8.68. The number of hydrogen-bond acceptors (Lipinski definition) is 4. The Morgan fingerprint density at radius 1 is 1.15 bits per heavy atom. The highest BCUT2D eigenvalue weighted by atomic mass is 35.5. The SMILES string of the molecule is COC(=O)c1ccccc1Cn1cc(NC(=O)c2ccc(Cl)cc2Cl)cn1. The highest BCUT2D eigenvalue weighted by Crippen LogP contribution is 2.22. The number of halogens is 2. The average Bonchev–Trinajstić information content (AvgIpc) is 3.08. The van der Waals surface area contributed by atoms with E-state index in [2.05, 4.69) is 10.4 Å². The number of ether oxygens (including phenoxy) is 1. The molecule has 0 bridgehead atoms. The zero-order valence-corrected chi connectivity index (χ0v) is 15.8. The second-order valence-electron chi connectivity index (χ2n) is 5.65. The lowest BCUT2D eigenvalue weighted by Gasteiger charge is -2.08. The number of esters is 1. The minimum atomic E-state index is -0.413. The molecule has 0 radical (unpaired) electrons.